The molecule has 2 atom stereocenters. The number of rotatable bonds is 0. The summed E-state index contributed by atoms with van der Waals surface area (Å²) in [5.41, 5.74) is 0.688. The fourth-order valence-corrected chi connectivity index (χ4v) is 3.48. The van der Waals surface area contributed by atoms with Crippen molar-refractivity contribution in [3.05, 3.63) is 24.3 Å². The minimum atomic E-state index is -0.582. The first-order chi connectivity index (χ1) is 8.44. The first-order valence-electron chi connectivity index (χ1n) is 6.03. The number of hydrogen-bond acceptors (Lipinski definition) is 3. The molecule has 1 fully saturated rings. The van der Waals surface area contributed by atoms with Crippen LogP contribution in [0.3, 0.4) is 0 Å². The highest BCUT2D eigenvalue weighted by atomic mass is 16.2. The molecule has 2 aliphatic rings. The molecular weight excluding hydrogens is 226 g/mol. The van der Waals surface area contributed by atoms with E-state index in [1.165, 1.54) is 0 Å². The molecule has 0 unspecified atom stereocenters. The summed E-state index contributed by atoms with van der Waals surface area (Å²) in [4.78, 5) is 16.1. The molecule has 0 aliphatic carbocycles. The van der Waals surface area contributed by atoms with Gasteiger partial charge in [-0.3, -0.25) is 4.79 Å². The number of nitriles is 1. The average molecular weight is 241 g/mol. The van der Waals surface area contributed by atoms with Crippen molar-refractivity contribution in [1.82, 2.24) is 0 Å². The molecule has 0 spiro atoms. The zero-order chi connectivity index (χ0) is 13.1. The van der Waals surface area contributed by atoms with Crippen molar-refractivity contribution < 1.29 is 4.79 Å². The van der Waals surface area contributed by atoms with Gasteiger partial charge in [-0.15, -0.1) is 0 Å². The lowest BCUT2D eigenvalue weighted by atomic mass is 9.68. The zero-order valence-electron chi connectivity index (χ0n) is 10.8. The minimum Gasteiger partial charge on any atom is -0.337 e. The summed E-state index contributed by atoms with van der Waals surface area (Å²) >= 11 is 0. The van der Waals surface area contributed by atoms with Crippen LogP contribution in [0, 0.1) is 11.3 Å². The summed E-state index contributed by atoms with van der Waals surface area (Å²) in [7, 11) is 1.80. The number of benzene rings is 1. The Kier molecular flexibility index (Phi) is 1.88. The average Bonchev–Trinajstić information content (AvgIpc) is 2.35. The normalized spacial score (nSPS) is 33.3. The molecule has 18 heavy (non-hydrogen) atoms. The van der Waals surface area contributed by atoms with E-state index >= 15 is 0 Å². The first kappa shape index (κ1) is 11.1. The number of carbonyl (C=O) groups is 1. The molecular formula is C14H15N3O. The van der Waals surface area contributed by atoms with Crippen LogP contribution >= 0.6 is 0 Å². The molecule has 1 saturated heterocycles. The molecule has 92 valence electrons. The van der Waals surface area contributed by atoms with Gasteiger partial charge in [0.15, 0.2) is 0 Å². The van der Waals surface area contributed by atoms with Crippen LogP contribution in [0.2, 0.25) is 0 Å². The Morgan fingerprint density at radius 2 is 1.89 bits per heavy atom. The second-order valence-corrected chi connectivity index (χ2v) is 5.52. The number of likely N-dealkylation sites (N-methyl/N-ethyl adjacent to an activating group) is 1. The maximum atomic E-state index is 12.4. The third-order valence-electron chi connectivity index (χ3n) is 4.17. The highest BCUT2D eigenvalue weighted by Gasteiger charge is 2.64. The fourth-order valence-electron chi connectivity index (χ4n) is 3.48. The number of carbonyl (C=O) groups excluding carboxylic acids is 1. The van der Waals surface area contributed by atoms with Crippen molar-refractivity contribution in [2.75, 3.05) is 16.8 Å². The van der Waals surface area contributed by atoms with Crippen LogP contribution in [0.4, 0.5) is 11.4 Å². The van der Waals surface area contributed by atoms with E-state index in [-0.39, 0.29) is 5.91 Å². The fraction of sp³-hybridized carbons (Fsp3) is 0.429. The summed E-state index contributed by atoms with van der Waals surface area (Å²) in [5.74, 6) is 0.0638. The van der Waals surface area contributed by atoms with Crippen molar-refractivity contribution in [2.24, 2.45) is 0 Å². The molecule has 0 bridgehead atoms. The number of nitrogens with zero attached hydrogens (tertiary/aromatic N) is 3. The van der Waals surface area contributed by atoms with E-state index in [2.05, 4.69) is 6.07 Å². The predicted octanol–water partition coefficient (Wildman–Crippen LogP) is 1.91. The molecule has 3 rings (SSSR count). The standard InChI is InChI=1S/C14H15N3O/c1-13(9-15)8-14(2)12(18)16(3)10-6-4-5-7-11(10)17(13)14/h4-7H,8H2,1-3H3/t13-,14-/m0/s1. The lowest BCUT2D eigenvalue weighted by Gasteiger charge is -2.63. The molecule has 1 aromatic carbocycles. The van der Waals surface area contributed by atoms with Crippen molar-refractivity contribution in [1.29, 1.82) is 5.26 Å². The molecule has 0 aromatic heterocycles. The maximum absolute atomic E-state index is 12.4. The van der Waals surface area contributed by atoms with Crippen molar-refractivity contribution >= 4 is 17.3 Å². The lowest BCUT2D eigenvalue weighted by Crippen LogP contribution is -2.78. The van der Waals surface area contributed by atoms with E-state index in [4.69, 9.17) is 0 Å². The number of fused-ring (bicyclic) bond motifs is 3. The first-order valence-corrected chi connectivity index (χ1v) is 6.03. The monoisotopic (exact) mass is 241 g/mol. The van der Waals surface area contributed by atoms with Crippen LogP contribution in [0.5, 0.6) is 0 Å². The summed E-state index contributed by atoms with van der Waals surface area (Å²) < 4.78 is 0. The van der Waals surface area contributed by atoms with Crippen LogP contribution < -0.4 is 9.80 Å². The van der Waals surface area contributed by atoms with Gasteiger partial charge in [-0.25, -0.2) is 0 Å². The SMILES string of the molecule is CN1C(=O)[C@]2(C)C[C@@](C)(C#N)N2c2ccccc21. The smallest absolute Gasteiger partial charge is 0.252 e. The largest absolute Gasteiger partial charge is 0.337 e. The highest BCUT2D eigenvalue weighted by Crippen LogP contribution is 2.54. The van der Waals surface area contributed by atoms with Crippen LogP contribution in [-0.2, 0) is 4.79 Å². The van der Waals surface area contributed by atoms with E-state index in [1.54, 1.807) is 11.9 Å². The van der Waals surface area contributed by atoms with Crippen molar-refractivity contribution in [2.45, 2.75) is 31.3 Å². The van der Waals surface area contributed by atoms with Crippen molar-refractivity contribution in [3.63, 3.8) is 0 Å². The van der Waals surface area contributed by atoms with E-state index in [0.717, 1.165) is 11.4 Å². The van der Waals surface area contributed by atoms with Crippen LogP contribution in [0.25, 0.3) is 0 Å². The summed E-state index contributed by atoms with van der Waals surface area (Å²) in [6.45, 7) is 3.81. The summed E-state index contributed by atoms with van der Waals surface area (Å²) in [6.07, 6.45) is 0.577. The number of anilines is 2. The van der Waals surface area contributed by atoms with Gasteiger partial charge >= 0.3 is 0 Å². The molecule has 2 aliphatic heterocycles. The summed E-state index contributed by atoms with van der Waals surface area (Å²) in [5, 5.41) is 9.36. The Morgan fingerprint density at radius 3 is 2.50 bits per heavy atom. The van der Waals surface area contributed by atoms with Gasteiger partial charge in [0.1, 0.15) is 11.1 Å². The van der Waals surface area contributed by atoms with Crippen LogP contribution in [-0.4, -0.2) is 24.0 Å². The lowest BCUT2D eigenvalue weighted by molar-refractivity contribution is -0.127. The molecule has 4 nitrogen and oxygen atoms in total. The van der Waals surface area contributed by atoms with Crippen molar-refractivity contribution in [3.8, 4) is 6.07 Å². The molecule has 1 aromatic rings. The molecule has 2 heterocycles. The van der Waals surface area contributed by atoms with Gasteiger partial charge in [0.25, 0.3) is 5.91 Å². The van der Waals surface area contributed by atoms with Gasteiger partial charge in [0, 0.05) is 13.5 Å². The Morgan fingerprint density at radius 1 is 1.28 bits per heavy atom. The van der Waals surface area contributed by atoms with Gasteiger partial charge < -0.3 is 9.80 Å². The number of para-hydroxylation sites is 2. The van der Waals surface area contributed by atoms with E-state index in [9.17, 15) is 10.1 Å². The van der Waals surface area contributed by atoms with Gasteiger partial charge in [0.2, 0.25) is 0 Å². The van der Waals surface area contributed by atoms with Gasteiger partial charge in [0.05, 0.1) is 17.4 Å². The third-order valence-corrected chi connectivity index (χ3v) is 4.17. The minimum absolute atomic E-state index is 0.0638. The Balaban J connectivity index is 2.24. The number of hydrogen-bond donors (Lipinski definition) is 0. The van der Waals surface area contributed by atoms with Crippen LogP contribution in [0.15, 0.2) is 24.3 Å². The predicted molar refractivity (Wildman–Crippen MR) is 69.4 cm³/mol. The highest BCUT2D eigenvalue weighted by molar-refractivity contribution is 6.10. The molecule has 0 N–H and O–H groups in total. The quantitative estimate of drug-likeness (QED) is 0.697. The summed E-state index contributed by atoms with van der Waals surface area (Å²) in [6, 6.07) is 10.1. The van der Waals surface area contributed by atoms with E-state index in [0.29, 0.717) is 6.42 Å². The Labute approximate surface area is 106 Å². The van der Waals surface area contributed by atoms with E-state index < -0.39 is 11.1 Å². The zero-order valence-corrected chi connectivity index (χ0v) is 10.8. The molecule has 1 amide bonds. The van der Waals surface area contributed by atoms with Crippen LogP contribution in [0.1, 0.15) is 20.3 Å². The second kappa shape index (κ2) is 3.05. The molecule has 0 radical (unpaired) electrons. The molecule has 4 heteroatoms. The Hall–Kier alpha value is -2.02. The third kappa shape index (κ3) is 1.02. The molecule has 0 saturated carbocycles. The second-order valence-electron chi connectivity index (χ2n) is 5.52. The van der Waals surface area contributed by atoms with Gasteiger partial charge in [-0.05, 0) is 26.0 Å². The van der Waals surface area contributed by atoms with E-state index in [1.807, 2.05) is 43.0 Å². The topological polar surface area (TPSA) is 47.3 Å². The Bertz CT molecular complexity index is 591. The maximum Gasteiger partial charge on any atom is 0.252 e. The number of amides is 1. The van der Waals surface area contributed by atoms with Gasteiger partial charge in [-0.1, -0.05) is 12.1 Å². The van der Waals surface area contributed by atoms with Gasteiger partial charge in [-0.2, -0.15) is 5.26 Å².